The highest BCUT2D eigenvalue weighted by molar-refractivity contribution is 7.19. The predicted octanol–water partition coefficient (Wildman–Crippen LogP) is 4.31. The maximum absolute atomic E-state index is 12.3. The molecule has 0 aliphatic rings. The van der Waals surface area contributed by atoms with Crippen molar-refractivity contribution < 1.29 is 13.6 Å². The Morgan fingerprint density at radius 2 is 1.79 bits per heavy atom. The molecule has 118 valence electrons. The summed E-state index contributed by atoms with van der Waals surface area (Å²) in [6, 6.07) is 12.4. The van der Waals surface area contributed by atoms with Crippen LogP contribution < -0.4 is 5.32 Å². The van der Waals surface area contributed by atoms with Crippen molar-refractivity contribution in [1.29, 1.82) is 0 Å². The number of amides is 1. The summed E-state index contributed by atoms with van der Waals surface area (Å²) in [4.78, 5) is 21.5. The van der Waals surface area contributed by atoms with Gasteiger partial charge in [-0.15, -0.1) is 0 Å². The Morgan fingerprint density at radius 3 is 2.46 bits per heavy atom. The number of thiazole rings is 1. The van der Waals surface area contributed by atoms with Gasteiger partial charge in [-0.05, 0) is 36.4 Å². The van der Waals surface area contributed by atoms with E-state index in [1.54, 1.807) is 49.1 Å². The zero-order chi connectivity index (χ0) is 16.4. The molecule has 6 nitrogen and oxygen atoms in total. The Bertz CT molecular complexity index is 893. The van der Waals surface area contributed by atoms with Crippen LogP contribution in [-0.4, -0.2) is 15.9 Å². The van der Waals surface area contributed by atoms with E-state index in [1.165, 1.54) is 11.3 Å². The molecule has 4 aromatic rings. The molecule has 0 aliphatic heterocycles. The molecule has 0 spiro atoms. The molecule has 0 fully saturated rings. The van der Waals surface area contributed by atoms with E-state index in [2.05, 4.69) is 15.3 Å². The first-order valence-electron chi connectivity index (χ1n) is 7.12. The smallest absolute Gasteiger partial charge is 0.276 e. The lowest BCUT2D eigenvalue weighted by Crippen LogP contribution is -2.13. The van der Waals surface area contributed by atoms with Crippen LogP contribution in [0.25, 0.3) is 22.1 Å². The third-order valence-corrected chi connectivity index (χ3v) is 4.23. The molecular weight excluding hydrogens is 326 g/mol. The summed E-state index contributed by atoms with van der Waals surface area (Å²) >= 11 is 1.31. The number of furan rings is 2. The average Bonchev–Trinajstić information content (AvgIpc) is 3.36. The van der Waals surface area contributed by atoms with Crippen molar-refractivity contribution in [2.45, 2.75) is 0 Å². The molecule has 0 unspecified atom stereocenters. The SMILES string of the molecule is O=C(Nc1nc(-c2ccco2)c(-c2ccco2)s1)c1ccccn1. The number of rotatable bonds is 4. The quantitative estimate of drug-likeness (QED) is 0.600. The fourth-order valence-electron chi connectivity index (χ4n) is 2.19. The van der Waals surface area contributed by atoms with Crippen molar-refractivity contribution in [2.75, 3.05) is 5.32 Å². The van der Waals surface area contributed by atoms with Gasteiger partial charge < -0.3 is 8.83 Å². The van der Waals surface area contributed by atoms with Crippen LogP contribution in [-0.2, 0) is 0 Å². The van der Waals surface area contributed by atoms with E-state index in [1.807, 2.05) is 12.1 Å². The highest BCUT2D eigenvalue weighted by atomic mass is 32.1. The first-order chi connectivity index (χ1) is 11.8. The fraction of sp³-hybridized carbons (Fsp3) is 0. The third-order valence-electron chi connectivity index (χ3n) is 3.24. The zero-order valence-corrected chi connectivity index (χ0v) is 13.1. The second kappa shape index (κ2) is 6.13. The Labute approximate surface area is 140 Å². The molecule has 4 aromatic heterocycles. The standard InChI is InChI=1S/C17H11N3O3S/c21-16(11-5-1-2-8-18-11)20-17-19-14(12-6-3-9-22-12)15(24-17)13-7-4-10-23-13/h1-10H,(H,19,20,21). The zero-order valence-electron chi connectivity index (χ0n) is 12.3. The van der Waals surface area contributed by atoms with Gasteiger partial charge in [-0.25, -0.2) is 4.98 Å². The van der Waals surface area contributed by atoms with E-state index >= 15 is 0 Å². The van der Waals surface area contributed by atoms with Crippen LogP contribution in [0.15, 0.2) is 70.0 Å². The Kier molecular flexibility index (Phi) is 3.68. The van der Waals surface area contributed by atoms with Gasteiger partial charge in [-0.1, -0.05) is 17.4 Å². The largest absolute Gasteiger partial charge is 0.463 e. The van der Waals surface area contributed by atoms with E-state index in [9.17, 15) is 4.79 Å². The lowest BCUT2D eigenvalue weighted by Gasteiger charge is -1.99. The summed E-state index contributed by atoms with van der Waals surface area (Å²) in [6.45, 7) is 0. The Morgan fingerprint density at radius 1 is 1.00 bits per heavy atom. The first-order valence-corrected chi connectivity index (χ1v) is 7.94. The van der Waals surface area contributed by atoms with Crippen LogP contribution in [0.1, 0.15) is 10.5 Å². The van der Waals surface area contributed by atoms with Crippen molar-refractivity contribution in [1.82, 2.24) is 9.97 Å². The molecule has 0 atom stereocenters. The van der Waals surface area contributed by atoms with E-state index in [0.717, 1.165) is 4.88 Å². The Balaban J connectivity index is 1.70. The van der Waals surface area contributed by atoms with Crippen molar-refractivity contribution in [2.24, 2.45) is 0 Å². The highest BCUT2D eigenvalue weighted by Gasteiger charge is 2.20. The number of carbonyl (C=O) groups is 1. The lowest BCUT2D eigenvalue weighted by atomic mass is 10.2. The molecule has 1 N–H and O–H groups in total. The maximum atomic E-state index is 12.3. The molecular formula is C17H11N3O3S. The molecule has 0 saturated heterocycles. The topological polar surface area (TPSA) is 81.2 Å². The molecule has 24 heavy (non-hydrogen) atoms. The van der Waals surface area contributed by atoms with Gasteiger partial charge in [0.15, 0.2) is 10.9 Å². The predicted molar refractivity (Wildman–Crippen MR) is 89.7 cm³/mol. The third kappa shape index (κ3) is 2.72. The van der Waals surface area contributed by atoms with Crippen molar-refractivity contribution in [3.8, 4) is 22.1 Å². The summed E-state index contributed by atoms with van der Waals surface area (Å²) in [5.74, 6) is 0.953. The van der Waals surface area contributed by atoms with Crippen LogP contribution in [0.2, 0.25) is 0 Å². The van der Waals surface area contributed by atoms with Crippen LogP contribution in [0.4, 0.5) is 5.13 Å². The molecule has 0 radical (unpaired) electrons. The highest BCUT2D eigenvalue weighted by Crippen LogP contribution is 2.39. The summed E-state index contributed by atoms with van der Waals surface area (Å²) in [7, 11) is 0. The number of nitrogens with zero attached hydrogens (tertiary/aromatic N) is 2. The van der Waals surface area contributed by atoms with Gasteiger partial charge in [0.05, 0.1) is 12.5 Å². The van der Waals surface area contributed by atoms with Gasteiger partial charge >= 0.3 is 0 Å². The molecule has 4 rings (SSSR count). The summed E-state index contributed by atoms with van der Waals surface area (Å²) in [6.07, 6.45) is 4.74. The first kappa shape index (κ1) is 14.4. The van der Waals surface area contributed by atoms with Gasteiger partial charge in [0.25, 0.3) is 5.91 Å². The lowest BCUT2D eigenvalue weighted by molar-refractivity contribution is 0.102. The van der Waals surface area contributed by atoms with E-state index in [0.29, 0.717) is 28.0 Å². The van der Waals surface area contributed by atoms with Gasteiger partial charge in [-0.3, -0.25) is 15.1 Å². The van der Waals surface area contributed by atoms with Gasteiger partial charge in [0.1, 0.15) is 22.0 Å². The minimum absolute atomic E-state index is 0.318. The number of hydrogen-bond donors (Lipinski definition) is 1. The van der Waals surface area contributed by atoms with Crippen molar-refractivity contribution >= 4 is 22.4 Å². The second-order valence-corrected chi connectivity index (χ2v) is 5.82. The number of aromatic nitrogens is 2. The molecule has 0 bridgehead atoms. The summed E-state index contributed by atoms with van der Waals surface area (Å²) in [5, 5.41) is 3.21. The monoisotopic (exact) mass is 337 g/mol. The molecule has 4 heterocycles. The number of nitrogens with one attached hydrogen (secondary N) is 1. The van der Waals surface area contributed by atoms with Gasteiger partial charge in [0, 0.05) is 6.20 Å². The molecule has 7 heteroatoms. The number of pyridine rings is 1. The number of carbonyl (C=O) groups excluding carboxylic acids is 1. The van der Waals surface area contributed by atoms with E-state index in [-0.39, 0.29) is 5.91 Å². The Hall–Kier alpha value is -3.19. The summed E-state index contributed by atoms with van der Waals surface area (Å²) < 4.78 is 10.9. The number of hydrogen-bond acceptors (Lipinski definition) is 6. The normalized spacial score (nSPS) is 10.7. The van der Waals surface area contributed by atoms with Gasteiger partial charge in [0.2, 0.25) is 0 Å². The maximum Gasteiger partial charge on any atom is 0.276 e. The van der Waals surface area contributed by atoms with Crippen LogP contribution in [0.5, 0.6) is 0 Å². The fourth-order valence-corrected chi connectivity index (χ4v) is 3.12. The average molecular weight is 337 g/mol. The number of anilines is 1. The van der Waals surface area contributed by atoms with Crippen molar-refractivity contribution in [3.05, 3.63) is 66.9 Å². The van der Waals surface area contributed by atoms with E-state index in [4.69, 9.17) is 8.83 Å². The second-order valence-electron chi connectivity index (χ2n) is 4.82. The molecule has 0 saturated carbocycles. The minimum Gasteiger partial charge on any atom is -0.463 e. The molecule has 0 aromatic carbocycles. The van der Waals surface area contributed by atoms with Gasteiger partial charge in [-0.2, -0.15) is 0 Å². The van der Waals surface area contributed by atoms with Crippen LogP contribution in [0, 0.1) is 0 Å². The minimum atomic E-state index is -0.318. The molecule has 0 aliphatic carbocycles. The van der Waals surface area contributed by atoms with Crippen LogP contribution in [0.3, 0.4) is 0 Å². The van der Waals surface area contributed by atoms with Crippen LogP contribution >= 0.6 is 11.3 Å². The van der Waals surface area contributed by atoms with Crippen molar-refractivity contribution in [3.63, 3.8) is 0 Å². The summed E-state index contributed by atoms with van der Waals surface area (Å²) in [5.41, 5.74) is 0.947. The molecule has 1 amide bonds. The van der Waals surface area contributed by atoms with E-state index < -0.39 is 0 Å².